The highest BCUT2D eigenvalue weighted by atomic mass is 16.5. The van der Waals surface area contributed by atoms with E-state index >= 15 is 0 Å². The number of benzene rings is 3. The standard InChI is InChI=1S/C24H24N2O3/c1-18(21-10-6-3-7-11-21)26-24(28)23(27)25-16-19-12-14-22(15-13-19)29-17-20-8-4-2-5-9-20/h2-15,18H,16-17H2,1H3,(H,25,27)(H,26,28)/t18-/m1/s1. The lowest BCUT2D eigenvalue weighted by Gasteiger charge is -2.14. The average molecular weight is 388 g/mol. The summed E-state index contributed by atoms with van der Waals surface area (Å²) in [6.07, 6.45) is 0. The van der Waals surface area contributed by atoms with Crippen LogP contribution in [0.5, 0.6) is 5.75 Å². The normalized spacial score (nSPS) is 11.3. The summed E-state index contributed by atoms with van der Waals surface area (Å²) in [7, 11) is 0. The zero-order valence-corrected chi connectivity index (χ0v) is 16.3. The average Bonchev–Trinajstić information content (AvgIpc) is 2.78. The first-order valence-electron chi connectivity index (χ1n) is 9.51. The van der Waals surface area contributed by atoms with Crippen molar-refractivity contribution in [2.24, 2.45) is 0 Å². The van der Waals surface area contributed by atoms with Gasteiger partial charge in [0.15, 0.2) is 0 Å². The Kier molecular flexibility index (Phi) is 7.00. The SMILES string of the molecule is C[C@@H](NC(=O)C(=O)NCc1ccc(OCc2ccccc2)cc1)c1ccccc1. The van der Waals surface area contributed by atoms with Gasteiger partial charge in [0.2, 0.25) is 0 Å². The fourth-order valence-corrected chi connectivity index (χ4v) is 2.79. The number of rotatable bonds is 7. The highest BCUT2D eigenvalue weighted by Crippen LogP contribution is 2.14. The summed E-state index contributed by atoms with van der Waals surface area (Å²) in [6, 6.07) is 26.6. The molecule has 0 saturated heterocycles. The predicted octanol–water partition coefficient (Wildman–Crippen LogP) is 3.76. The van der Waals surface area contributed by atoms with Crippen molar-refractivity contribution < 1.29 is 14.3 Å². The van der Waals surface area contributed by atoms with Crippen LogP contribution < -0.4 is 15.4 Å². The molecule has 0 aromatic heterocycles. The molecule has 0 bridgehead atoms. The molecule has 0 aliphatic carbocycles. The largest absolute Gasteiger partial charge is 0.489 e. The van der Waals surface area contributed by atoms with Gasteiger partial charge in [0.05, 0.1) is 6.04 Å². The molecule has 148 valence electrons. The van der Waals surface area contributed by atoms with Gasteiger partial charge in [0.25, 0.3) is 0 Å². The minimum Gasteiger partial charge on any atom is -0.489 e. The van der Waals surface area contributed by atoms with E-state index in [2.05, 4.69) is 10.6 Å². The van der Waals surface area contributed by atoms with Gasteiger partial charge in [0.1, 0.15) is 12.4 Å². The Bertz CT molecular complexity index is 925. The number of hydrogen-bond acceptors (Lipinski definition) is 3. The Morgan fingerprint density at radius 2 is 1.41 bits per heavy atom. The van der Waals surface area contributed by atoms with Crippen molar-refractivity contribution in [3.8, 4) is 5.75 Å². The van der Waals surface area contributed by atoms with Gasteiger partial charge in [-0.2, -0.15) is 0 Å². The fourth-order valence-electron chi connectivity index (χ4n) is 2.79. The Morgan fingerprint density at radius 3 is 2.07 bits per heavy atom. The molecule has 0 aliphatic heterocycles. The molecule has 0 unspecified atom stereocenters. The second-order valence-electron chi connectivity index (χ2n) is 6.71. The second kappa shape index (κ2) is 10.1. The van der Waals surface area contributed by atoms with Gasteiger partial charge < -0.3 is 15.4 Å². The van der Waals surface area contributed by atoms with Crippen molar-refractivity contribution in [1.29, 1.82) is 0 Å². The van der Waals surface area contributed by atoms with Crippen molar-refractivity contribution in [2.75, 3.05) is 0 Å². The Labute approximate surface area is 170 Å². The van der Waals surface area contributed by atoms with Crippen molar-refractivity contribution in [3.63, 3.8) is 0 Å². The number of hydrogen-bond donors (Lipinski definition) is 2. The number of carbonyl (C=O) groups excluding carboxylic acids is 2. The first-order chi connectivity index (χ1) is 14.1. The van der Waals surface area contributed by atoms with E-state index < -0.39 is 11.8 Å². The Morgan fingerprint density at radius 1 is 0.793 bits per heavy atom. The number of nitrogens with one attached hydrogen (secondary N) is 2. The van der Waals surface area contributed by atoms with Gasteiger partial charge in [-0.3, -0.25) is 9.59 Å². The molecule has 0 aliphatic rings. The molecule has 3 aromatic carbocycles. The van der Waals surface area contributed by atoms with Crippen LogP contribution in [0.4, 0.5) is 0 Å². The molecule has 1 atom stereocenters. The summed E-state index contributed by atoms with van der Waals surface area (Å²) >= 11 is 0. The topological polar surface area (TPSA) is 67.4 Å². The van der Waals surface area contributed by atoms with Crippen LogP contribution in [-0.2, 0) is 22.7 Å². The number of amides is 2. The van der Waals surface area contributed by atoms with E-state index in [9.17, 15) is 9.59 Å². The maximum Gasteiger partial charge on any atom is 0.309 e. The monoisotopic (exact) mass is 388 g/mol. The van der Waals surface area contributed by atoms with Gasteiger partial charge in [-0.25, -0.2) is 0 Å². The molecule has 0 spiro atoms. The van der Waals surface area contributed by atoms with Crippen LogP contribution in [-0.4, -0.2) is 11.8 Å². The summed E-state index contributed by atoms with van der Waals surface area (Å²) in [5.41, 5.74) is 2.92. The van der Waals surface area contributed by atoms with Crippen molar-refractivity contribution >= 4 is 11.8 Å². The van der Waals surface area contributed by atoms with Crippen molar-refractivity contribution in [2.45, 2.75) is 26.1 Å². The van der Waals surface area contributed by atoms with E-state index in [1.807, 2.05) is 91.9 Å². The maximum absolute atomic E-state index is 12.1. The van der Waals surface area contributed by atoms with Crippen molar-refractivity contribution in [3.05, 3.63) is 102 Å². The molecule has 0 heterocycles. The van der Waals surface area contributed by atoms with E-state index in [0.717, 1.165) is 22.4 Å². The molecular formula is C24H24N2O3. The van der Waals surface area contributed by atoms with E-state index in [-0.39, 0.29) is 12.6 Å². The molecule has 2 N–H and O–H groups in total. The zero-order valence-electron chi connectivity index (χ0n) is 16.3. The Hall–Kier alpha value is -3.60. The van der Waals surface area contributed by atoms with E-state index in [0.29, 0.717) is 6.61 Å². The third-order valence-corrected chi connectivity index (χ3v) is 4.48. The summed E-state index contributed by atoms with van der Waals surface area (Å²) < 4.78 is 5.75. The molecule has 0 saturated carbocycles. The summed E-state index contributed by atoms with van der Waals surface area (Å²) in [4.78, 5) is 24.1. The molecule has 29 heavy (non-hydrogen) atoms. The first kappa shape index (κ1) is 20.1. The van der Waals surface area contributed by atoms with Crippen LogP contribution in [0, 0.1) is 0 Å². The second-order valence-corrected chi connectivity index (χ2v) is 6.71. The third kappa shape index (κ3) is 6.21. The number of ether oxygens (including phenoxy) is 1. The molecule has 5 heteroatoms. The summed E-state index contributed by atoms with van der Waals surface area (Å²) in [6.45, 7) is 2.61. The van der Waals surface area contributed by atoms with Crippen LogP contribution in [0.15, 0.2) is 84.9 Å². The van der Waals surface area contributed by atoms with Gasteiger partial charge in [0, 0.05) is 6.54 Å². The van der Waals surface area contributed by atoms with E-state index in [4.69, 9.17) is 4.74 Å². The highest BCUT2D eigenvalue weighted by Gasteiger charge is 2.16. The molecule has 0 radical (unpaired) electrons. The van der Waals surface area contributed by atoms with Gasteiger partial charge in [-0.1, -0.05) is 72.8 Å². The molecule has 3 aromatic rings. The minimum absolute atomic E-state index is 0.240. The molecule has 2 amide bonds. The fraction of sp³-hybridized carbons (Fsp3) is 0.167. The van der Waals surface area contributed by atoms with E-state index in [1.165, 1.54) is 0 Å². The van der Waals surface area contributed by atoms with Gasteiger partial charge in [-0.05, 0) is 35.7 Å². The van der Waals surface area contributed by atoms with Crippen LogP contribution >= 0.6 is 0 Å². The summed E-state index contributed by atoms with van der Waals surface area (Å²) in [5.74, 6) is -0.556. The third-order valence-electron chi connectivity index (χ3n) is 4.48. The molecule has 5 nitrogen and oxygen atoms in total. The predicted molar refractivity (Wildman–Crippen MR) is 112 cm³/mol. The van der Waals surface area contributed by atoms with E-state index in [1.54, 1.807) is 0 Å². The lowest BCUT2D eigenvalue weighted by Crippen LogP contribution is -2.40. The minimum atomic E-state index is -0.655. The van der Waals surface area contributed by atoms with Crippen LogP contribution in [0.1, 0.15) is 29.7 Å². The Balaban J connectivity index is 1.44. The lowest BCUT2D eigenvalue weighted by atomic mass is 10.1. The van der Waals surface area contributed by atoms with Crippen LogP contribution in [0.3, 0.4) is 0 Å². The lowest BCUT2D eigenvalue weighted by molar-refractivity contribution is -0.139. The first-order valence-corrected chi connectivity index (χ1v) is 9.51. The van der Waals surface area contributed by atoms with Crippen LogP contribution in [0.25, 0.3) is 0 Å². The van der Waals surface area contributed by atoms with Gasteiger partial charge in [-0.15, -0.1) is 0 Å². The quantitative estimate of drug-likeness (QED) is 0.606. The summed E-state index contributed by atoms with van der Waals surface area (Å²) in [5, 5.41) is 5.34. The number of carbonyl (C=O) groups is 2. The smallest absolute Gasteiger partial charge is 0.309 e. The molecule has 0 fully saturated rings. The highest BCUT2D eigenvalue weighted by molar-refractivity contribution is 6.35. The molecular weight excluding hydrogens is 364 g/mol. The molecule has 3 rings (SSSR count). The van der Waals surface area contributed by atoms with Crippen LogP contribution in [0.2, 0.25) is 0 Å². The maximum atomic E-state index is 12.1. The van der Waals surface area contributed by atoms with Gasteiger partial charge >= 0.3 is 11.8 Å². The zero-order chi connectivity index (χ0) is 20.5. The van der Waals surface area contributed by atoms with Crippen molar-refractivity contribution in [1.82, 2.24) is 10.6 Å².